The first-order valence-corrected chi connectivity index (χ1v) is 21.8. The minimum atomic E-state index is -0.514. The van der Waals surface area contributed by atoms with Crippen LogP contribution in [-0.4, -0.2) is 4.57 Å². The smallest absolute Gasteiger partial charge is 0.0754 e. The standard InChI is InChI=1S/C61H40N2/c1-4-17-41(18-5-1)43-31-34-46(35-32-43)62(58-38-33-45(42-19-6-2-7-20-42)39-51(58)44-21-8-3-9-22-44)47-36-37-54-52(40-47)48-23-10-12-26-53(48)61(54)55-27-13-15-30-59(55)63-57-29-14-11-24-49(57)50-25-16-28-56(61)60(50)63/h1-40H. The van der Waals surface area contributed by atoms with E-state index in [1.807, 2.05) is 0 Å². The highest BCUT2D eigenvalue weighted by atomic mass is 15.1. The SMILES string of the molecule is c1ccc(-c2ccc(N(c3ccc4c(c3)-c3ccccc3C43c4ccccc4-n4c5ccccc5c5cccc3c54)c3ccc(-c4ccccc4)cc3-c3ccccc3)cc2)cc1. The van der Waals surface area contributed by atoms with Crippen molar-refractivity contribution < 1.29 is 0 Å². The van der Waals surface area contributed by atoms with E-state index in [4.69, 9.17) is 0 Å². The largest absolute Gasteiger partial charge is 0.310 e. The van der Waals surface area contributed by atoms with Crippen molar-refractivity contribution in [3.05, 3.63) is 265 Å². The van der Waals surface area contributed by atoms with Crippen LogP contribution in [0, 0.1) is 0 Å². The second-order valence-electron chi connectivity index (χ2n) is 16.8. The van der Waals surface area contributed by atoms with Gasteiger partial charge in [0.15, 0.2) is 0 Å². The third-order valence-electron chi connectivity index (χ3n) is 13.6. The van der Waals surface area contributed by atoms with Gasteiger partial charge in [-0.05, 0) is 110 Å². The number of hydrogen-bond acceptors (Lipinski definition) is 1. The van der Waals surface area contributed by atoms with Crippen molar-refractivity contribution in [1.29, 1.82) is 0 Å². The second kappa shape index (κ2) is 13.9. The Bertz CT molecular complexity index is 3550. The van der Waals surface area contributed by atoms with Crippen LogP contribution in [-0.2, 0) is 5.41 Å². The Hall–Kier alpha value is -8.20. The molecule has 0 radical (unpaired) electrons. The summed E-state index contributed by atoms with van der Waals surface area (Å²) in [7, 11) is 0. The van der Waals surface area contributed by atoms with Gasteiger partial charge >= 0.3 is 0 Å². The maximum atomic E-state index is 2.51. The number of rotatable bonds is 6. The molecule has 10 aromatic carbocycles. The van der Waals surface area contributed by atoms with Crippen LogP contribution in [0.2, 0.25) is 0 Å². The molecule has 1 spiro atoms. The molecule has 0 N–H and O–H groups in total. The van der Waals surface area contributed by atoms with Crippen LogP contribution in [0.5, 0.6) is 0 Å². The van der Waals surface area contributed by atoms with Crippen molar-refractivity contribution in [2.45, 2.75) is 5.41 Å². The molecule has 0 saturated heterocycles. The third kappa shape index (κ3) is 5.19. The summed E-state index contributed by atoms with van der Waals surface area (Å²) < 4.78 is 2.51. The number of anilines is 3. The van der Waals surface area contributed by atoms with Crippen molar-refractivity contribution >= 4 is 38.9 Å². The summed E-state index contributed by atoms with van der Waals surface area (Å²) in [6, 6.07) is 89.6. The molecule has 63 heavy (non-hydrogen) atoms. The number of hydrogen-bond donors (Lipinski definition) is 0. The van der Waals surface area contributed by atoms with Gasteiger partial charge in [0.1, 0.15) is 0 Å². The number of nitrogens with zero attached hydrogens (tertiary/aromatic N) is 2. The van der Waals surface area contributed by atoms with Gasteiger partial charge in [-0.15, -0.1) is 0 Å². The molecule has 1 aliphatic heterocycles. The van der Waals surface area contributed by atoms with Crippen molar-refractivity contribution in [3.63, 3.8) is 0 Å². The molecule has 2 aliphatic rings. The molecule has 0 amide bonds. The molecule has 0 fully saturated rings. The average molecular weight is 801 g/mol. The molecule has 1 aliphatic carbocycles. The van der Waals surface area contributed by atoms with Gasteiger partial charge < -0.3 is 9.47 Å². The molecule has 1 atom stereocenters. The number of aromatic nitrogens is 1. The first-order chi connectivity index (χ1) is 31.3. The van der Waals surface area contributed by atoms with Crippen LogP contribution in [0.4, 0.5) is 17.1 Å². The summed E-state index contributed by atoms with van der Waals surface area (Å²) >= 11 is 0. The lowest BCUT2D eigenvalue weighted by Crippen LogP contribution is -2.33. The zero-order valence-corrected chi connectivity index (χ0v) is 34.5. The molecule has 11 aromatic rings. The van der Waals surface area contributed by atoms with Crippen LogP contribution in [0.25, 0.3) is 72.0 Å². The third-order valence-corrected chi connectivity index (χ3v) is 13.6. The number of benzene rings is 10. The molecule has 2 heterocycles. The van der Waals surface area contributed by atoms with Gasteiger partial charge in [-0.25, -0.2) is 0 Å². The van der Waals surface area contributed by atoms with Gasteiger partial charge in [0, 0.05) is 27.7 Å². The maximum Gasteiger partial charge on any atom is 0.0754 e. The summed E-state index contributed by atoms with van der Waals surface area (Å²) in [6.07, 6.45) is 0. The highest BCUT2D eigenvalue weighted by Crippen LogP contribution is 2.61. The highest BCUT2D eigenvalue weighted by Gasteiger charge is 2.50. The minimum absolute atomic E-state index is 0.514. The van der Waals surface area contributed by atoms with E-state index in [2.05, 4.69) is 252 Å². The molecule has 0 bridgehead atoms. The topological polar surface area (TPSA) is 8.17 Å². The number of fused-ring (bicyclic) bond motifs is 12. The van der Waals surface area contributed by atoms with E-state index >= 15 is 0 Å². The summed E-state index contributed by atoms with van der Waals surface area (Å²) in [5.74, 6) is 0. The fraction of sp³-hybridized carbons (Fsp3) is 0.0164. The van der Waals surface area contributed by atoms with Gasteiger partial charge in [-0.2, -0.15) is 0 Å². The Kier molecular flexibility index (Phi) is 7.85. The fourth-order valence-electron chi connectivity index (χ4n) is 10.9. The van der Waals surface area contributed by atoms with Crippen molar-refractivity contribution in [2.75, 3.05) is 4.90 Å². The lowest BCUT2D eigenvalue weighted by atomic mass is 9.65. The number of para-hydroxylation sites is 3. The van der Waals surface area contributed by atoms with E-state index in [0.29, 0.717) is 0 Å². The van der Waals surface area contributed by atoms with E-state index in [9.17, 15) is 0 Å². The van der Waals surface area contributed by atoms with Crippen LogP contribution in [0.15, 0.2) is 243 Å². The van der Waals surface area contributed by atoms with Crippen molar-refractivity contribution in [2.24, 2.45) is 0 Å². The van der Waals surface area contributed by atoms with E-state index in [-0.39, 0.29) is 0 Å². The second-order valence-corrected chi connectivity index (χ2v) is 16.8. The normalized spacial score (nSPS) is 14.4. The van der Waals surface area contributed by atoms with Crippen LogP contribution < -0.4 is 4.90 Å². The summed E-state index contributed by atoms with van der Waals surface area (Å²) in [5, 5.41) is 2.57. The van der Waals surface area contributed by atoms with Gasteiger partial charge in [0.05, 0.1) is 27.8 Å². The molecular weight excluding hydrogens is 761 g/mol. The Morgan fingerprint density at radius 2 is 0.873 bits per heavy atom. The first kappa shape index (κ1) is 35.5. The Balaban J connectivity index is 1.07. The van der Waals surface area contributed by atoms with Crippen LogP contribution in [0.1, 0.15) is 22.3 Å². The van der Waals surface area contributed by atoms with E-state index in [1.54, 1.807) is 0 Å². The van der Waals surface area contributed by atoms with E-state index in [1.165, 1.54) is 94.3 Å². The summed E-state index contributed by atoms with van der Waals surface area (Å²) in [4.78, 5) is 2.47. The average Bonchev–Trinajstić information content (AvgIpc) is 3.85. The van der Waals surface area contributed by atoms with Crippen molar-refractivity contribution in [1.82, 2.24) is 4.57 Å². The zero-order valence-electron chi connectivity index (χ0n) is 34.5. The minimum Gasteiger partial charge on any atom is -0.310 e. The Morgan fingerprint density at radius 1 is 0.317 bits per heavy atom. The summed E-state index contributed by atoms with van der Waals surface area (Å²) in [6.45, 7) is 0. The quantitative estimate of drug-likeness (QED) is 0.163. The van der Waals surface area contributed by atoms with Crippen LogP contribution >= 0.6 is 0 Å². The molecule has 2 nitrogen and oxygen atoms in total. The highest BCUT2D eigenvalue weighted by molar-refractivity contribution is 6.13. The summed E-state index contributed by atoms with van der Waals surface area (Å²) in [5.41, 5.74) is 21.5. The van der Waals surface area contributed by atoms with E-state index in [0.717, 1.165) is 17.1 Å². The monoisotopic (exact) mass is 800 g/mol. The van der Waals surface area contributed by atoms with Crippen molar-refractivity contribution in [3.8, 4) is 50.2 Å². The first-order valence-electron chi connectivity index (χ1n) is 21.8. The van der Waals surface area contributed by atoms with Gasteiger partial charge in [0.2, 0.25) is 0 Å². The maximum absolute atomic E-state index is 2.51. The molecule has 294 valence electrons. The Labute approximate surface area is 367 Å². The fourth-order valence-corrected chi connectivity index (χ4v) is 10.9. The predicted octanol–water partition coefficient (Wildman–Crippen LogP) is 15.9. The molecule has 1 unspecified atom stereocenters. The zero-order chi connectivity index (χ0) is 41.5. The van der Waals surface area contributed by atoms with Gasteiger partial charge in [0.25, 0.3) is 0 Å². The molecular formula is C61H40N2. The molecule has 13 rings (SSSR count). The lowest BCUT2D eigenvalue weighted by molar-refractivity contribution is 0.748. The molecule has 1 aromatic heterocycles. The van der Waals surface area contributed by atoms with E-state index < -0.39 is 5.41 Å². The van der Waals surface area contributed by atoms with Crippen LogP contribution in [0.3, 0.4) is 0 Å². The predicted molar refractivity (Wildman–Crippen MR) is 263 cm³/mol. The lowest BCUT2D eigenvalue weighted by Gasteiger charge is -2.39. The van der Waals surface area contributed by atoms with Gasteiger partial charge in [-0.3, -0.25) is 0 Å². The molecule has 0 saturated carbocycles. The van der Waals surface area contributed by atoms with Gasteiger partial charge in [-0.1, -0.05) is 194 Å². The Morgan fingerprint density at radius 3 is 1.65 bits per heavy atom. The molecule has 2 heteroatoms.